The third kappa shape index (κ3) is 4.25. The average Bonchev–Trinajstić information content (AvgIpc) is 2.68. The van der Waals surface area contributed by atoms with Crippen LogP contribution < -0.4 is 9.04 Å². The predicted molar refractivity (Wildman–Crippen MR) is 99.2 cm³/mol. The Morgan fingerprint density at radius 2 is 1.33 bits per heavy atom. The van der Waals surface area contributed by atoms with Crippen molar-refractivity contribution in [1.29, 1.82) is 0 Å². The Bertz CT molecular complexity index is 1000. The number of hydrogen-bond donors (Lipinski definition) is 0. The second-order valence-corrected chi connectivity index (χ2v) is 7.65. The summed E-state index contributed by atoms with van der Waals surface area (Å²) in [4.78, 5) is -0.0400. The first-order valence-electron chi connectivity index (χ1n) is 8.07. The molecule has 4 nitrogen and oxygen atoms in total. The van der Waals surface area contributed by atoms with Gasteiger partial charge in [-0.2, -0.15) is 0 Å². The van der Waals surface area contributed by atoms with Gasteiger partial charge in [0.15, 0.2) is 0 Å². The van der Waals surface area contributed by atoms with E-state index in [1.165, 1.54) is 47.8 Å². The number of nitrogens with zero attached hydrogens (tertiary/aromatic N) is 1. The second-order valence-electron chi connectivity index (χ2n) is 5.79. The maximum atomic E-state index is 13.2. The molecule has 0 amide bonds. The van der Waals surface area contributed by atoms with Crippen LogP contribution in [0.2, 0.25) is 0 Å². The molecule has 140 valence electrons. The molecule has 0 aromatic heterocycles. The fourth-order valence-corrected chi connectivity index (χ4v) is 4.01. The van der Waals surface area contributed by atoms with Crippen LogP contribution in [-0.4, -0.2) is 15.5 Å². The summed E-state index contributed by atoms with van der Waals surface area (Å²) in [6.45, 7) is -0.00762. The van der Waals surface area contributed by atoms with Crippen molar-refractivity contribution in [2.24, 2.45) is 0 Å². The zero-order valence-electron chi connectivity index (χ0n) is 14.5. The predicted octanol–water partition coefficient (Wildman–Crippen LogP) is 4.37. The van der Waals surface area contributed by atoms with Crippen LogP contribution >= 0.6 is 0 Å². The minimum Gasteiger partial charge on any atom is -0.497 e. The summed E-state index contributed by atoms with van der Waals surface area (Å²) in [6.07, 6.45) is 0. The lowest BCUT2D eigenvalue weighted by molar-refractivity contribution is 0.415. The molecular weight excluding hydrogens is 372 g/mol. The van der Waals surface area contributed by atoms with Crippen LogP contribution in [0.15, 0.2) is 77.7 Å². The molecule has 0 atom stereocenters. The molecule has 3 aromatic carbocycles. The summed E-state index contributed by atoms with van der Waals surface area (Å²) in [5.74, 6) is -0.348. The van der Waals surface area contributed by atoms with Gasteiger partial charge < -0.3 is 4.74 Å². The highest BCUT2D eigenvalue weighted by atomic mass is 32.2. The van der Waals surface area contributed by atoms with Gasteiger partial charge >= 0.3 is 0 Å². The van der Waals surface area contributed by atoms with Crippen molar-refractivity contribution < 1.29 is 21.9 Å². The van der Waals surface area contributed by atoms with Gasteiger partial charge in [-0.1, -0.05) is 12.1 Å². The molecule has 0 aliphatic rings. The van der Waals surface area contributed by atoms with Crippen molar-refractivity contribution in [1.82, 2.24) is 0 Å². The Kier molecular flexibility index (Phi) is 5.41. The fourth-order valence-electron chi connectivity index (χ4n) is 2.55. The third-order valence-corrected chi connectivity index (χ3v) is 5.79. The van der Waals surface area contributed by atoms with Gasteiger partial charge in [0.25, 0.3) is 10.0 Å². The van der Waals surface area contributed by atoms with Gasteiger partial charge in [-0.05, 0) is 66.2 Å². The van der Waals surface area contributed by atoms with Crippen molar-refractivity contribution in [3.8, 4) is 5.75 Å². The van der Waals surface area contributed by atoms with E-state index in [1.54, 1.807) is 24.3 Å². The Labute approximate surface area is 156 Å². The number of anilines is 1. The molecule has 0 bridgehead atoms. The molecular formula is C20H17F2NO3S. The molecule has 7 heteroatoms. The number of benzene rings is 3. The molecule has 27 heavy (non-hydrogen) atoms. The lowest BCUT2D eigenvalue weighted by atomic mass is 10.2. The summed E-state index contributed by atoms with van der Waals surface area (Å²) < 4.78 is 59.0. The van der Waals surface area contributed by atoms with Gasteiger partial charge in [0.05, 0.1) is 24.2 Å². The van der Waals surface area contributed by atoms with Crippen LogP contribution in [0.3, 0.4) is 0 Å². The molecule has 0 saturated heterocycles. The van der Waals surface area contributed by atoms with Crippen molar-refractivity contribution in [2.45, 2.75) is 11.4 Å². The Morgan fingerprint density at radius 1 is 0.815 bits per heavy atom. The first kappa shape index (κ1) is 18.8. The van der Waals surface area contributed by atoms with Crippen LogP contribution in [0.5, 0.6) is 5.75 Å². The summed E-state index contributed by atoms with van der Waals surface area (Å²) in [5, 5.41) is 0. The normalized spacial score (nSPS) is 11.2. The third-order valence-electron chi connectivity index (χ3n) is 4.00. The topological polar surface area (TPSA) is 46.6 Å². The summed E-state index contributed by atoms with van der Waals surface area (Å²) in [6, 6.07) is 16.7. The largest absolute Gasteiger partial charge is 0.497 e. The highest BCUT2D eigenvalue weighted by Crippen LogP contribution is 2.28. The van der Waals surface area contributed by atoms with Crippen LogP contribution in [0.1, 0.15) is 5.56 Å². The molecule has 0 saturated carbocycles. The lowest BCUT2D eigenvalue weighted by Crippen LogP contribution is -2.30. The zero-order chi connectivity index (χ0) is 19.4. The summed E-state index contributed by atoms with van der Waals surface area (Å²) in [5.41, 5.74) is 1.02. The van der Waals surface area contributed by atoms with Crippen LogP contribution in [-0.2, 0) is 16.6 Å². The van der Waals surface area contributed by atoms with Crippen molar-refractivity contribution >= 4 is 15.7 Å². The van der Waals surface area contributed by atoms with E-state index in [2.05, 4.69) is 0 Å². The molecule has 0 aliphatic heterocycles. The maximum absolute atomic E-state index is 13.2. The van der Waals surface area contributed by atoms with E-state index in [0.29, 0.717) is 17.0 Å². The number of hydrogen-bond acceptors (Lipinski definition) is 3. The van der Waals surface area contributed by atoms with E-state index in [4.69, 9.17) is 4.74 Å². The quantitative estimate of drug-likeness (QED) is 0.629. The Hall–Kier alpha value is -2.93. The Balaban J connectivity index is 2.04. The lowest BCUT2D eigenvalue weighted by Gasteiger charge is -2.25. The second kappa shape index (κ2) is 7.75. The van der Waals surface area contributed by atoms with Gasteiger partial charge in [-0.3, -0.25) is 4.31 Å². The molecule has 0 unspecified atom stereocenters. The van der Waals surface area contributed by atoms with Crippen molar-refractivity contribution in [2.75, 3.05) is 11.4 Å². The van der Waals surface area contributed by atoms with Crippen LogP contribution in [0.4, 0.5) is 14.5 Å². The van der Waals surface area contributed by atoms with E-state index < -0.39 is 21.7 Å². The number of methoxy groups -OCH3 is 1. The maximum Gasteiger partial charge on any atom is 0.264 e. The molecule has 0 aliphatic carbocycles. The first-order valence-corrected chi connectivity index (χ1v) is 9.51. The SMILES string of the molecule is COc1ccc(N(Cc2ccc(F)cc2)S(=O)(=O)c2ccc(F)cc2)cc1. The average molecular weight is 389 g/mol. The first-order chi connectivity index (χ1) is 12.9. The van der Waals surface area contributed by atoms with E-state index >= 15 is 0 Å². The number of ether oxygens (including phenoxy) is 1. The highest BCUT2D eigenvalue weighted by Gasteiger charge is 2.25. The molecule has 0 radical (unpaired) electrons. The van der Waals surface area contributed by atoms with Gasteiger partial charge in [0.1, 0.15) is 17.4 Å². The number of sulfonamides is 1. The van der Waals surface area contributed by atoms with Crippen molar-refractivity contribution in [3.05, 3.63) is 90.0 Å². The summed E-state index contributed by atoms with van der Waals surface area (Å²) >= 11 is 0. The summed E-state index contributed by atoms with van der Waals surface area (Å²) in [7, 11) is -2.45. The van der Waals surface area contributed by atoms with Gasteiger partial charge in [0.2, 0.25) is 0 Å². The van der Waals surface area contributed by atoms with E-state index in [-0.39, 0.29) is 11.4 Å². The standard InChI is InChI=1S/C20H17F2NO3S/c1-26-19-10-8-18(9-11-19)23(14-15-2-4-16(21)5-3-15)27(24,25)20-12-6-17(22)7-13-20/h2-13H,14H2,1H3. The van der Waals surface area contributed by atoms with E-state index in [9.17, 15) is 17.2 Å². The number of halogens is 2. The van der Waals surface area contributed by atoms with E-state index in [0.717, 1.165) is 12.1 Å². The highest BCUT2D eigenvalue weighted by molar-refractivity contribution is 7.92. The number of rotatable bonds is 6. The minimum absolute atomic E-state index is 0.00762. The monoisotopic (exact) mass is 389 g/mol. The Morgan fingerprint density at radius 3 is 1.85 bits per heavy atom. The van der Waals surface area contributed by atoms with Gasteiger partial charge in [-0.25, -0.2) is 17.2 Å². The zero-order valence-corrected chi connectivity index (χ0v) is 15.3. The van der Waals surface area contributed by atoms with Gasteiger partial charge in [-0.15, -0.1) is 0 Å². The molecule has 0 N–H and O–H groups in total. The molecule has 0 spiro atoms. The molecule has 0 fully saturated rings. The minimum atomic E-state index is -3.97. The van der Waals surface area contributed by atoms with Crippen LogP contribution in [0.25, 0.3) is 0 Å². The fraction of sp³-hybridized carbons (Fsp3) is 0.100. The molecule has 3 aromatic rings. The molecule has 3 rings (SSSR count). The van der Waals surface area contributed by atoms with E-state index in [1.807, 2.05) is 0 Å². The molecule has 0 heterocycles. The smallest absolute Gasteiger partial charge is 0.264 e. The van der Waals surface area contributed by atoms with Gasteiger partial charge in [0, 0.05) is 0 Å². The van der Waals surface area contributed by atoms with Crippen molar-refractivity contribution in [3.63, 3.8) is 0 Å². The van der Waals surface area contributed by atoms with Crippen LogP contribution in [0, 0.1) is 11.6 Å².